The molecule has 1 aliphatic carbocycles. The number of H-pyrrole nitrogens is 1. The fourth-order valence-corrected chi connectivity index (χ4v) is 6.80. The molecule has 3 heterocycles. The number of methoxy groups -OCH3 is 1. The molecule has 0 radical (unpaired) electrons. The van der Waals surface area contributed by atoms with Gasteiger partial charge in [-0.1, -0.05) is 55.7 Å². The number of piperidine rings is 1. The molecular weight excluding hydrogens is 556 g/mol. The molecule has 2 aliphatic rings. The Bertz CT molecular complexity index is 1650. The van der Waals surface area contributed by atoms with E-state index in [9.17, 15) is 9.59 Å². The molecule has 0 bridgehead atoms. The van der Waals surface area contributed by atoms with E-state index >= 15 is 0 Å². The highest BCUT2D eigenvalue weighted by Crippen LogP contribution is 2.37. The smallest absolute Gasteiger partial charge is 0.410 e. The van der Waals surface area contributed by atoms with Crippen LogP contribution in [-0.4, -0.2) is 57.0 Å². The van der Waals surface area contributed by atoms with E-state index in [0.29, 0.717) is 34.1 Å². The van der Waals surface area contributed by atoms with Crippen LogP contribution >= 0.6 is 0 Å². The molecule has 0 spiro atoms. The van der Waals surface area contributed by atoms with Crippen LogP contribution in [0.2, 0.25) is 0 Å². The van der Waals surface area contributed by atoms with E-state index in [1.54, 1.807) is 11.8 Å². The summed E-state index contributed by atoms with van der Waals surface area (Å²) in [7, 11) is 3.45. The Balaban J connectivity index is 1.30. The first-order chi connectivity index (χ1) is 21.4. The van der Waals surface area contributed by atoms with Gasteiger partial charge in [0.05, 0.1) is 24.4 Å². The molecule has 1 amide bonds. The van der Waals surface area contributed by atoms with Crippen LogP contribution in [0.15, 0.2) is 53.3 Å². The summed E-state index contributed by atoms with van der Waals surface area (Å²) >= 11 is 0. The second-order valence-corrected chi connectivity index (χ2v) is 12.0. The maximum Gasteiger partial charge on any atom is 0.410 e. The number of amides is 1. The van der Waals surface area contributed by atoms with Gasteiger partial charge in [-0.2, -0.15) is 5.10 Å². The molecule has 1 aliphatic heterocycles. The van der Waals surface area contributed by atoms with Crippen molar-refractivity contribution >= 4 is 17.1 Å². The molecule has 4 aromatic rings. The van der Waals surface area contributed by atoms with Crippen molar-refractivity contribution in [1.29, 1.82) is 0 Å². The van der Waals surface area contributed by atoms with Crippen LogP contribution in [0, 0.1) is 0 Å². The number of nitrogens with zero attached hydrogens (tertiary/aromatic N) is 4. The lowest BCUT2D eigenvalue weighted by Crippen LogP contribution is -2.47. The lowest BCUT2D eigenvalue weighted by atomic mass is 9.86. The first kappa shape index (κ1) is 29.9. The molecule has 10 nitrogen and oxygen atoms in total. The number of aryl methyl sites for hydroxylation is 1. The Morgan fingerprint density at radius 3 is 2.55 bits per heavy atom. The number of hydrogen-bond donors (Lipinski definition) is 2. The summed E-state index contributed by atoms with van der Waals surface area (Å²) in [4.78, 5) is 36.8. The number of ether oxygens (including phenoxy) is 2. The Kier molecular flexibility index (Phi) is 8.97. The molecule has 44 heavy (non-hydrogen) atoms. The van der Waals surface area contributed by atoms with E-state index in [1.165, 1.54) is 6.42 Å². The highest BCUT2D eigenvalue weighted by atomic mass is 16.6. The quantitative estimate of drug-likeness (QED) is 0.262. The van der Waals surface area contributed by atoms with Gasteiger partial charge < -0.3 is 19.8 Å². The van der Waals surface area contributed by atoms with Crippen molar-refractivity contribution in [2.75, 3.05) is 20.2 Å². The number of fused-ring (bicyclic) bond motifs is 1. The highest BCUT2D eigenvalue weighted by Gasteiger charge is 2.32. The van der Waals surface area contributed by atoms with Gasteiger partial charge in [0, 0.05) is 19.0 Å². The molecule has 232 valence electrons. The minimum atomic E-state index is -0.335. The molecule has 2 N–H and O–H groups in total. The van der Waals surface area contributed by atoms with Gasteiger partial charge in [-0.25, -0.2) is 14.5 Å². The molecular formula is C34H42N6O4. The third-order valence-corrected chi connectivity index (χ3v) is 9.21. The van der Waals surface area contributed by atoms with Crippen molar-refractivity contribution in [1.82, 2.24) is 30.0 Å². The van der Waals surface area contributed by atoms with Gasteiger partial charge in [0.15, 0.2) is 5.65 Å². The third kappa shape index (κ3) is 6.08. The minimum absolute atomic E-state index is 0.0452. The molecule has 10 heteroatoms. The van der Waals surface area contributed by atoms with Crippen molar-refractivity contribution < 1.29 is 14.3 Å². The summed E-state index contributed by atoms with van der Waals surface area (Å²) in [5.74, 6) is 1.28. The van der Waals surface area contributed by atoms with Gasteiger partial charge in [-0.05, 0) is 69.0 Å². The minimum Gasteiger partial charge on any atom is -0.496 e. The Morgan fingerprint density at radius 1 is 1.07 bits per heavy atom. The summed E-state index contributed by atoms with van der Waals surface area (Å²) in [6.07, 6.45) is 7.01. The molecule has 1 saturated heterocycles. The second kappa shape index (κ2) is 13.2. The number of aromatic amines is 1. The van der Waals surface area contributed by atoms with Gasteiger partial charge >= 0.3 is 6.09 Å². The Labute approximate surface area is 257 Å². The van der Waals surface area contributed by atoms with Crippen LogP contribution in [0.1, 0.15) is 80.7 Å². The third-order valence-electron chi connectivity index (χ3n) is 9.21. The number of hydrogen-bond acceptors (Lipinski definition) is 7. The lowest BCUT2D eigenvalue weighted by molar-refractivity contribution is 0.0560. The van der Waals surface area contributed by atoms with Crippen LogP contribution < -0.4 is 15.6 Å². The van der Waals surface area contributed by atoms with Crippen molar-refractivity contribution in [2.45, 2.75) is 76.5 Å². The van der Waals surface area contributed by atoms with Crippen molar-refractivity contribution in [2.24, 2.45) is 7.05 Å². The number of rotatable bonds is 8. The average molecular weight is 599 g/mol. The topological polar surface area (TPSA) is 114 Å². The second-order valence-electron chi connectivity index (χ2n) is 12.0. The van der Waals surface area contributed by atoms with Crippen LogP contribution in [0.3, 0.4) is 0 Å². The highest BCUT2D eigenvalue weighted by molar-refractivity contribution is 5.80. The van der Waals surface area contributed by atoms with Gasteiger partial charge in [-0.3, -0.25) is 9.69 Å². The molecule has 2 aromatic carbocycles. The standard InChI is InChI=1S/C34H42N6O4/c1-22(40(26-16-18-35-19-17-26)34(42)44-21-23-10-6-4-7-11-23)25-14-15-27(28(20-25)43-3)31-36-32-29(33(41)37-31)30(38-39(32)2)24-12-8-5-9-13-24/h4,6-7,10-11,14-15,20,22,24,26,35H,5,8-9,12-13,16-19,21H2,1-3H3,(H,36,37,41). The number of carbonyl (C=O) groups excluding carboxylic acids is 1. The zero-order valence-corrected chi connectivity index (χ0v) is 25.8. The van der Waals surface area contributed by atoms with Crippen LogP contribution in [0.4, 0.5) is 4.79 Å². The van der Waals surface area contributed by atoms with Crippen molar-refractivity contribution in [3.63, 3.8) is 0 Å². The van der Waals surface area contributed by atoms with Crippen molar-refractivity contribution in [3.8, 4) is 17.1 Å². The molecule has 1 atom stereocenters. The van der Waals surface area contributed by atoms with Crippen LogP contribution in [-0.2, 0) is 18.4 Å². The van der Waals surface area contributed by atoms with Gasteiger partial charge in [0.2, 0.25) is 0 Å². The first-order valence-corrected chi connectivity index (χ1v) is 15.8. The normalized spacial score (nSPS) is 17.0. The van der Waals surface area contributed by atoms with E-state index < -0.39 is 0 Å². The summed E-state index contributed by atoms with van der Waals surface area (Å²) in [6, 6.07) is 15.3. The zero-order chi connectivity index (χ0) is 30.6. The summed E-state index contributed by atoms with van der Waals surface area (Å²) < 4.78 is 13.4. The number of carbonyl (C=O) groups is 1. The maximum atomic E-state index is 13.6. The molecule has 2 aromatic heterocycles. The summed E-state index contributed by atoms with van der Waals surface area (Å²) in [6.45, 7) is 3.93. The summed E-state index contributed by atoms with van der Waals surface area (Å²) in [5, 5.41) is 8.72. The Hall–Kier alpha value is -4.18. The van der Waals surface area contributed by atoms with Gasteiger partial charge in [0.1, 0.15) is 23.6 Å². The fourth-order valence-electron chi connectivity index (χ4n) is 6.80. The van der Waals surface area contributed by atoms with E-state index in [0.717, 1.165) is 68.4 Å². The van der Waals surface area contributed by atoms with Crippen molar-refractivity contribution in [3.05, 3.63) is 75.7 Å². The zero-order valence-electron chi connectivity index (χ0n) is 25.8. The number of nitrogens with one attached hydrogen (secondary N) is 2. The van der Waals surface area contributed by atoms with Crippen LogP contribution in [0.25, 0.3) is 22.4 Å². The maximum absolute atomic E-state index is 13.6. The predicted molar refractivity (Wildman–Crippen MR) is 170 cm³/mol. The largest absolute Gasteiger partial charge is 0.496 e. The molecule has 6 rings (SSSR count). The number of benzene rings is 2. The van der Waals surface area contributed by atoms with Crippen LogP contribution in [0.5, 0.6) is 5.75 Å². The Morgan fingerprint density at radius 2 is 1.82 bits per heavy atom. The molecule has 1 unspecified atom stereocenters. The molecule has 1 saturated carbocycles. The first-order valence-electron chi connectivity index (χ1n) is 15.8. The average Bonchev–Trinajstić information content (AvgIpc) is 3.41. The van der Waals surface area contributed by atoms with Gasteiger partial charge in [-0.15, -0.1) is 0 Å². The number of aromatic nitrogens is 4. The van der Waals surface area contributed by atoms with E-state index in [4.69, 9.17) is 19.6 Å². The van der Waals surface area contributed by atoms with E-state index in [1.807, 2.05) is 67.4 Å². The monoisotopic (exact) mass is 598 g/mol. The SMILES string of the molecule is COc1cc(C(C)N(C(=O)OCc2ccccc2)C2CCNCC2)ccc1-c1nc2c(c(C3CCCCC3)nn2C)c(=O)[nH]1. The predicted octanol–water partition coefficient (Wildman–Crippen LogP) is 5.83. The summed E-state index contributed by atoms with van der Waals surface area (Å²) in [5.41, 5.74) is 3.77. The van der Waals surface area contributed by atoms with Gasteiger partial charge in [0.25, 0.3) is 5.56 Å². The lowest BCUT2D eigenvalue weighted by Gasteiger charge is -2.38. The fraction of sp³-hybridized carbons (Fsp3) is 0.471. The van der Waals surface area contributed by atoms with E-state index in [2.05, 4.69) is 10.3 Å². The van der Waals surface area contributed by atoms with E-state index in [-0.39, 0.29) is 30.3 Å². The molecule has 2 fully saturated rings.